The predicted molar refractivity (Wildman–Crippen MR) is 61.4 cm³/mol. The van der Waals surface area contributed by atoms with Gasteiger partial charge in [0.2, 0.25) is 0 Å². The van der Waals surface area contributed by atoms with Crippen LogP contribution in [-0.4, -0.2) is 6.04 Å². The molecule has 74 valence electrons. The monoisotopic (exact) mass is 188 g/mol. The van der Waals surface area contributed by atoms with Crippen molar-refractivity contribution in [3.05, 3.63) is 36.4 Å². The van der Waals surface area contributed by atoms with Crippen LogP contribution in [-0.2, 0) is 6.42 Å². The molecule has 0 saturated carbocycles. The summed E-state index contributed by atoms with van der Waals surface area (Å²) in [6.45, 7) is 3.76. The Kier molecular flexibility index (Phi) is 2.44. The number of nitrogens with two attached hydrogens (primary N) is 1. The van der Waals surface area contributed by atoms with Crippen LogP contribution in [0.25, 0.3) is 0 Å². The largest absolute Gasteiger partial charge is 0.399 e. The Bertz CT molecular complexity index is 344. The van der Waals surface area contributed by atoms with Crippen LogP contribution in [0.5, 0.6) is 0 Å². The van der Waals surface area contributed by atoms with Gasteiger partial charge in [0.1, 0.15) is 0 Å². The van der Waals surface area contributed by atoms with Crippen LogP contribution in [0.1, 0.15) is 18.4 Å². The summed E-state index contributed by atoms with van der Waals surface area (Å²) < 4.78 is 0. The van der Waals surface area contributed by atoms with Crippen molar-refractivity contribution < 1.29 is 0 Å². The van der Waals surface area contributed by atoms with Crippen molar-refractivity contribution in [2.45, 2.75) is 25.3 Å². The molecule has 0 fully saturated rings. The Balaban J connectivity index is 2.18. The van der Waals surface area contributed by atoms with E-state index in [4.69, 9.17) is 5.73 Å². The van der Waals surface area contributed by atoms with Crippen molar-refractivity contribution >= 4 is 11.4 Å². The molecular formula is C12H16N2. The van der Waals surface area contributed by atoms with Crippen molar-refractivity contribution in [1.82, 2.24) is 0 Å². The van der Waals surface area contributed by atoms with E-state index in [-0.39, 0.29) is 0 Å². The fraction of sp³-hybridized carbons (Fsp3) is 0.333. The number of hydrogen-bond acceptors (Lipinski definition) is 2. The van der Waals surface area contributed by atoms with Crippen LogP contribution in [0, 0.1) is 0 Å². The van der Waals surface area contributed by atoms with E-state index in [1.54, 1.807) is 0 Å². The predicted octanol–water partition coefficient (Wildman–Crippen LogP) is 2.57. The van der Waals surface area contributed by atoms with Gasteiger partial charge in [0.05, 0.1) is 0 Å². The zero-order valence-corrected chi connectivity index (χ0v) is 8.29. The van der Waals surface area contributed by atoms with Gasteiger partial charge in [-0.1, -0.05) is 6.08 Å². The van der Waals surface area contributed by atoms with E-state index in [0.717, 1.165) is 18.5 Å². The van der Waals surface area contributed by atoms with Crippen LogP contribution in [0.2, 0.25) is 0 Å². The fourth-order valence-corrected chi connectivity index (χ4v) is 1.96. The highest BCUT2D eigenvalue weighted by molar-refractivity contribution is 5.59. The van der Waals surface area contributed by atoms with E-state index in [1.165, 1.54) is 17.7 Å². The molecular weight excluding hydrogens is 172 g/mol. The van der Waals surface area contributed by atoms with Crippen LogP contribution in [0.15, 0.2) is 30.9 Å². The lowest BCUT2D eigenvalue weighted by atomic mass is 9.96. The number of aryl methyl sites for hydroxylation is 1. The maximum atomic E-state index is 5.73. The van der Waals surface area contributed by atoms with Gasteiger partial charge < -0.3 is 11.1 Å². The SMILES string of the molecule is C=CCC1CCc2cc(N)ccc2N1. The number of benzene rings is 1. The fourth-order valence-electron chi connectivity index (χ4n) is 1.96. The molecule has 1 unspecified atom stereocenters. The first-order chi connectivity index (χ1) is 6.79. The molecule has 1 aromatic carbocycles. The average Bonchev–Trinajstić information content (AvgIpc) is 2.19. The number of hydrogen-bond donors (Lipinski definition) is 2. The van der Waals surface area contributed by atoms with E-state index >= 15 is 0 Å². The summed E-state index contributed by atoms with van der Waals surface area (Å²) in [7, 11) is 0. The summed E-state index contributed by atoms with van der Waals surface area (Å²) in [5.41, 5.74) is 9.16. The molecule has 1 aliphatic heterocycles. The highest BCUT2D eigenvalue weighted by Gasteiger charge is 2.15. The van der Waals surface area contributed by atoms with Crippen LogP contribution in [0.4, 0.5) is 11.4 Å². The standard InChI is InChI=1S/C12H16N2/c1-2-3-11-6-4-9-8-10(13)5-7-12(9)14-11/h2,5,7-8,11,14H,1,3-4,6,13H2. The first kappa shape index (κ1) is 9.13. The lowest BCUT2D eigenvalue weighted by Crippen LogP contribution is -2.24. The second-order valence-electron chi connectivity index (χ2n) is 3.82. The van der Waals surface area contributed by atoms with Gasteiger partial charge in [-0.2, -0.15) is 0 Å². The second kappa shape index (κ2) is 3.74. The molecule has 0 aliphatic carbocycles. The highest BCUT2D eigenvalue weighted by Crippen LogP contribution is 2.27. The molecule has 0 aromatic heterocycles. The second-order valence-corrected chi connectivity index (χ2v) is 3.82. The summed E-state index contributed by atoms with van der Waals surface area (Å²) in [6, 6.07) is 6.62. The van der Waals surface area contributed by atoms with E-state index in [9.17, 15) is 0 Å². The van der Waals surface area contributed by atoms with E-state index < -0.39 is 0 Å². The van der Waals surface area contributed by atoms with Crippen molar-refractivity contribution in [3.8, 4) is 0 Å². The summed E-state index contributed by atoms with van der Waals surface area (Å²) in [5.74, 6) is 0. The quantitative estimate of drug-likeness (QED) is 0.553. The normalized spacial score (nSPS) is 19.6. The molecule has 2 rings (SSSR count). The maximum absolute atomic E-state index is 5.73. The molecule has 1 aromatic rings. The Morgan fingerprint density at radius 3 is 3.21 bits per heavy atom. The number of anilines is 2. The maximum Gasteiger partial charge on any atom is 0.0376 e. The molecule has 1 atom stereocenters. The van der Waals surface area contributed by atoms with Crippen molar-refractivity contribution in [2.24, 2.45) is 0 Å². The van der Waals surface area contributed by atoms with E-state index in [1.807, 2.05) is 12.1 Å². The Hall–Kier alpha value is -1.44. The number of rotatable bonds is 2. The summed E-state index contributed by atoms with van der Waals surface area (Å²) >= 11 is 0. The zero-order valence-electron chi connectivity index (χ0n) is 8.29. The van der Waals surface area contributed by atoms with Gasteiger partial charge in [0.15, 0.2) is 0 Å². The Labute approximate surface area is 84.8 Å². The molecule has 2 nitrogen and oxygen atoms in total. The average molecular weight is 188 g/mol. The van der Waals surface area contributed by atoms with Gasteiger partial charge >= 0.3 is 0 Å². The zero-order chi connectivity index (χ0) is 9.97. The third kappa shape index (κ3) is 1.74. The first-order valence-corrected chi connectivity index (χ1v) is 5.05. The third-order valence-electron chi connectivity index (χ3n) is 2.70. The minimum absolute atomic E-state index is 0.545. The molecule has 2 heteroatoms. The Morgan fingerprint density at radius 2 is 2.43 bits per heavy atom. The molecule has 3 N–H and O–H groups in total. The highest BCUT2D eigenvalue weighted by atomic mass is 14.9. The lowest BCUT2D eigenvalue weighted by molar-refractivity contribution is 0.639. The van der Waals surface area contributed by atoms with E-state index in [2.05, 4.69) is 24.0 Å². The first-order valence-electron chi connectivity index (χ1n) is 5.05. The number of nitrogen functional groups attached to an aromatic ring is 1. The van der Waals surface area contributed by atoms with Gasteiger partial charge in [-0.25, -0.2) is 0 Å². The van der Waals surface area contributed by atoms with Gasteiger partial charge in [-0.3, -0.25) is 0 Å². The van der Waals surface area contributed by atoms with Gasteiger partial charge in [0, 0.05) is 17.4 Å². The smallest absolute Gasteiger partial charge is 0.0376 e. The molecule has 0 bridgehead atoms. The van der Waals surface area contributed by atoms with Crippen molar-refractivity contribution in [1.29, 1.82) is 0 Å². The summed E-state index contributed by atoms with van der Waals surface area (Å²) in [5, 5.41) is 3.50. The molecule has 14 heavy (non-hydrogen) atoms. The van der Waals surface area contributed by atoms with Gasteiger partial charge in [-0.05, 0) is 43.0 Å². The molecule has 0 radical (unpaired) electrons. The molecule has 1 aliphatic rings. The van der Waals surface area contributed by atoms with E-state index in [0.29, 0.717) is 6.04 Å². The van der Waals surface area contributed by atoms with Crippen LogP contribution in [0.3, 0.4) is 0 Å². The lowest BCUT2D eigenvalue weighted by Gasteiger charge is -2.26. The number of fused-ring (bicyclic) bond motifs is 1. The molecule has 1 heterocycles. The van der Waals surface area contributed by atoms with Gasteiger partial charge in [0.25, 0.3) is 0 Å². The van der Waals surface area contributed by atoms with Gasteiger partial charge in [-0.15, -0.1) is 6.58 Å². The molecule has 0 amide bonds. The topological polar surface area (TPSA) is 38.0 Å². The summed E-state index contributed by atoms with van der Waals surface area (Å²) in [4.78, 5) is 0. The minimum Gasteiger partial charge on any atom is -0.399 e. The van der Waals surface area contributed by atoms with Crippen LogP contribution < -0.4 is 11.1 Å². The molecule has 0 spiro atoms. The Morgan fingerprint density at radius 1 is 1.57 bits per heavy atom. The summed E-state index contributed by atoms with van der Waals surface area (Å²) in [6.07, 6.45) is 5.29. The number of nitrogens with one attached hydrogen (secondary N) is 1. The van der Waals surface area contributed by atoms with Crippen molar-refractivity contribution in [3.63, 3.8) is 0 Å². The molecule has 0 saturated heterocycles. The third-order valence-corrected chi connectivity index (χ3v) is 2.70. The van der Waals surface area contributed by atoms with Crippen LogP contribution >= 0.6 is 0 Å². The minimum atomic E-state index is 0.545. The van der Waals surface area contributed by atoms with Crippen molar-refractivity contribution in [2.75, 3.05) is 11.1 Å².